The van der Waals surface area contributed by atoms with Crippen LogP contribution in [-0.4, -0.2) is 58.9 Å². The molecule has 0 unspecified atom stereocenters. The summed E-state index contributed by atoms with van der Waals surface area (Å²) in [5, 5.41) is 16.9. The van der Waals surface area contributed by atoms with Gasteiger partial charge in [0.25, 0.3) is 0 Å². The highest BCUT2D eigenvalue weighted by Crippen LogP contribution is 2.21. The summed E-state index contributed by atoms with van der Waals surface area (Å²) in [6, 6.07) is 29.4. The van der Waals surface area contributed by atoms with Crippen molar-refractivity contribution in [2.45, 2.75) is 78.0 Å². The Kier molecular flexibility index (Phi) is 14.6. The van der Waals surface area contributed by atoms with Gasteiger partial charge in [0.2, 0.25) is 5.91 Å². The van der Waals surface area contributed by atoms with Gasteiger partial charge in [-0.15, -0.1) is 0 Å². The number of carbonyl (C=O) groups is 3. The number of benzene rings is 4. The number of aryl methyl sites for hydroxylation is 1. The van der Waals surface area contributed by atoms with Crippen LogP contribution in [0.5, 0.6) is 5.75 Å². The van der Waals surface area contributed by atoms with Crippen molar-refractivity contribution in [3.05, 3.63) is 137 Å². The van der Waals surface area contributed by atoms with Crippen LogP contribution in [-0.2, 0) is 46.9 Å². The lowest BCUT2D eigenvalue weighted by Gasteiger charge is -2.32. The van der Waals surface area contributed by atoms with E-state index >= 15 is 0 Å². The first kappa shape index (κ1) is 39.4. The molecule has 0 fully saturated rings. The van der Waals surface area contributed by atoms with Crippen LogP contribution in [0.15, 0.2) is 103 Å². The van der Waals surface area contributed by atoms with Crippen molar-refractivity contribution in [3.63, 3.8) is 0 Å². The minimum atomic E-state index is -1.34. The first-order chi connectivity index (χ1) is 24.9. The fourth-order valence-corrected chi connectivity index (χ4v) is 5.34. The fourth-order valence-electron chi connectivity index (χ4n) is 5.34. The Morgan fingerprint density at radius 1 is 0.808 bits per heavy atom. The number of hydrogen-bond acceptors (Lipinski definition) is 7. The first-order valence-electron chi connectivity index (χ1n) is 17.3. The molecule has 0 aromatic heterocycles. The summed E-state index contributed by atoms with van der Waals surface area (Å²) >= 11 is 0. The number of alkyl carbamates (subject to hydrolysis) is 1. The highest BCUT2D eigenvalue weighted by Gasteiger charge is 2.29. The van der Waals surface area contributed by atoms with Crippen molar-refractivity contribution >= 4 is 18.1 Å². The van der Waals surface area contributed by atoms with Crippen LogP contribution in [0.4, 0.5) is 14.0 Å². The molecule has 10 nitrogen and oxygen atoms in total. The molecule has 3 N–H and O–H groups in total. The molecule has 52 heavy (non-hydrogen) atoms. The summed E-state index contributed by atoms with van der Waals surface area (Å²) < 4.78 is 31.6. The largest absolute Gasteiger partial charge is 0.489 e. The van der Waals surface area contributed by atoms with E-state index in [0.717, 1.165) is 28.7 Å². The number of amides is 3. The van der Waals surface area contributed by atoms with Crippen molar-refractivity contribution in [1.29, 1.82) is 0 Å². The van der Waals surface area contributed by atoms with E-state index in [1.807, 2.05) is 79.7 Å². The van der Waals surface area contributed by atoms with E-state index in [0.29, 0.717) is 5.56 Å². The molecule has 0 spiro atoms. The van der Waals surface area contributed by atoms with E-state index in [1.165, 1.54) is 17.0 Å². The lowest BCUT2D eigenvalue weighted by molar-refractivity contribution is -0.121. The quantitative estimate of drug-likeness (QED) is 0.118. The van der Waals surface area contributed by atoms with Gasteiger partial charge in [-0.05, 0) is 73.6 Å². The third-order valence-electron chi connectivity index (χ3n) is 7.88. The summed E-state index contributed by atoms with van der Waals surface area (Å²) in [5.41, 5.74) is 3.22. The van der Waals surface area contributed by atoms with E-state index in [-0.39, 0.29) is 38.5 Å². The lowest BCUT2D eigenvalue weighted by atomic mass is 9.99. The van der Waals surface area contributed by atoms with E-state index in [1.54, 1.807) is 39.0 Å². The van der Waals surface area contributed by atoms with Crippen LogP contribution < -0.4 is 15.4 Å². The summed E-state index contributed by atoms with van der Waals surface area (Å²) in [6.45, 7) is 6.96. The van der Waals surface area contributed by atoms with Crippen molar-refractivity contribution < 1.29 is 38.1 Å². The molecule has 4 aromatic carbocycles. The number of ether oxygens (including phenoxy) is 3. The Bertz CT molecular complexity index is 1750. The monoisotopic (exact) mass is 713 g/mol. The van der Waals surface area contributed by atoms with E-state index in [4.69, 9.17) is 14.2 Å². The standard InChI is InChI=1S/C41H48FN3O7/c1-5-29-17-12-18-32(19-29)25-45(40(49)52-41(2,3)4)26-37(46)36(44-38(47)24-43-39(48)51-28-31-15-10-7-11-16-31)22-33-20-34(42)23-35(21-33)50-27-30-13-8-6-9-14-30/h6-21,23,36-37,46H,5,22,24-28H2,1-4H3,(H,43,48)(H,44,47)/t36-,37+/m0/s1. The predicted molar refractivity (Wildman–Crippen MR) is 196 cm³/mol. The lowest BCUT2D eigenvalue weighted by Crippen LogP contribution is -2.52. The number of rotatable bonds is 16. The molecule has 0 aliphatic carbocycles. The number of nitrogens with zero attached hydrogens (tertiary/aromatic N) is 1. The van der Waals surface area contributed by atoms with Crippen molar-refractivity contribution in [2.24, 2.45) is 0 Å². The summed E-state index contributed by atoms with van der Waals surface area (Å²) in [5.74, 6) is -0.918. The zero-order valence-corrected chi connectivity index (χ0v) is 30.1. The Hall–Kier alpha value is -5.42. The number of hydrogen-bond donors (Lipinski definition) is 3. The van der Waals surface area contributed by atoms with Crippen LogP contribution in [0.25, 0.3) is 0 Å². The van der Waals surface area contributed by atoms with Crippen LogP contribution in [0.1, 0.15) is 55.5 Å². The van der Waals surface area contributed by atoms with Crippen LogP contribution in [0, 0.1) is 5.82 Å². The molecule has 0 radical (unpaired) electrons. The van der Waals surface area contributed by atoms with E-state index in [9.17, 15) is 23.9 Å². The second-order valence-electron chi connectivity index (χ2n) is 13.5. The van der Waals surface area contributed by atoms with Gasteiger partial charge in [0, 0.05) is 12.6 Å². The molecule has 0 heterocycles. The van der Waals surface area contributed by atoms with Gasteiger partial charge in [0.1, 0.15) is 36.9 Å². The van der Waals surface area contributed by atoms with Crippen LogP contribution in [0.2, 0.25) is 0 Å². The van der Waals surface area contributed by atoms with Crippen molar-refractivity contribution in [3.8, 4) is 5.75 Å². The third-order valence-corrected chi connectivity index (χ3v) is 7.88. The van der Waals surface area contributed by atoms with Gasteiger partial charge < -0.3 is 34.9 Å². The second kappa shape index (κ2) is 19.3. The molecule has 0 saturated heterocycles. The molecule has 0 saturated carbocycles. The maximum atomic E-state index is 14.9. The Labute approximate surface area is 304 Å². The molecule has 4 rings (SSSR count). The van der Waals surface area contributed by atoms with Gasteiger partial charge in [-0.3, -0.25) is 4.79 Å². The molecule has 0 aliphatic rings. The molecular weight excluding hydrogens is 665 g/mol. The van der Waals surface area contributed by atoms with Gasteiger partial charge in [0.15, 0.2) is 0 Å². The molecule has 3 amide bonds. The van der Waals surface area contributed by atoms with Gasteiger partial charge in [-0.25, -0.2) is 14.0 Å². The SMILES string of the molecule is CCc1cccc(CN(C[C@@H](O)[C@H](Cc2cc(F)cc(OCc3ccccc3)c2)NC(=O)CNC(=O)OCc2ccccc2)C(=O)OC(C)(C)C)c1. The smallest absolute Gasteiger partial charge is 0.410 e. The topological polar surface area (TPSA) is 126 Å². The van der Waals surface area contributed by atoms with Crippen molar-refractivity contribution in [2.75, 3.05) is 13.1 Å². The zero-order valence-electron chi connectivity index (χ0n) is 30.1. The van der Waals surface area contributed by atoms with Crippen molar-refractivity contribution in [1.82, 2.24) is 15.5 Å². The number of carbonyl (C=O) groups excluding carboxylic acids is 3. The van der Waals surface area contributed by atoms with Gasteiger partial charge in [-0.2, -0.15) is 0 Å². The van der Waals surface area contributed by atoms with E-state index < -0.39 is 48.2 Å². The highest BCUT2D eigenvalue weighted by atomic mass is 19.1. The number of aliphatic hydroxyl groups excluding tert-OH is 1. The first-order valence-corrected chi connectivity index (χ1v) is 17.3. The Balaban J connectivity index is 1.52. The number of nitrogens with one attached hydrogen (secondary N) is 2. The maximum absolute atomic E-state index is 14.9. The minimum absolute atomic E-state index is 0.0194. The van der Waals surface area contributed by atoms with Crippen LogP contribution in [0.3, 0.4) is 0 Å². The zero-order chi connectivity index (χ0) is 37.5. The molecule has 276 valence electrons. The third kappa shape index (κ3) is 13.7. The highest BCUT2D eigenvalue weighted by molar-refractivity contribution is 5.82. The minimum Gasteiger partial charge on any atom is -0.489 e. The molecule has 2 atom stereocenters. The Morgan fingerprint density at radius 3 is 2.10 bits per heavy atom. The average molecular weight is 714 g/mol. The maximum Gasteiger partial charge on any atom is 0.410 e. The average Bonchev–Trinajstić information content (AvgIpc) is 3.11. The predicted octanol–water partition coefficient (Wildman–Crippen LogP) is 6.72. The molecule has 0 bridgehead atoms. The Morgan fingerprint density at radius 2 is 1.44 bits per heavy atom. The summed E-state index contributed by atoms with van der Waals surface area (Å²) in [7, 11) is 0. The molecular formula is C41H48FN3O7. The van der Waals surface area contributed by atoms with Gasteiger partial charge in [0.05, 0.1) is 18.7 Å². The normalized spacial score (nSPS) is 12.3. The summed E-state index contributed by atoms with van der Waals surface area (Å²) in [6.07, 6.45) is -2.02. The summed E-state index contributed by atoms with van der Waals surface area (Å²) in [4.78, 5) is 40.4. The second-order valence-corrected chi connectivity index (χ2v) is 13.5. The van der Waals surface area contributed by atoms with E-state index in [2.05, 4.69) is 10.6 Å². The molecule has 4 aromatic rings. The number of halogens is 1. The number of aliphatic hydroxyl groups is 1. The molecule has 0 aliphatic heterocycles. The van der Waals surface area contributed by atoms with Gasteiger partial charge in [-0.1, -0.05) is 91.9 Å². The van der Waals surface area contributed by atoms with Crippen LogP contribution >= 0.6 is 0 Å². The van der Waals surface area contributed by atoms with Gasteiger partial charge >= 0.3 is 12.2 Å². The fraction of sp³-hybridized carbons (Fsp3) is 0.341. The molecule has 11 heteroatoms.